The molecule has 0 heterocycles. The quantitative estimate of drug-likeness (QED) is 0.644. The highest BCUT2D eigenvalue weighted by atomic mass is 79.9. The van der Waals surface area contributed by atoms with Crippen molar-refractivity contribution in [2.75, 3.05) is 18.9 Å². The van der Waals surface area contributed by atoms with Crippen LogP contribution < -0.4 is 10.6 Å². The summed E-state index contributed by atoms with van der Waals surface area (Å²) in [7, 11) is 1.58. The number of aryl methyl sites for hydroxylation is 1. The van der Waals surface area contributed by atoms with Gasteiger partial charge in [-0.2, -0.15) is 0 Å². The minimum atomic E-state index is -0.422. The van der Waals surface area contributed by atoms with E-state index >= 15 is 0 Å². The SMILES string of the molecule is CNC(=O)CCNc1cc(C)c([N+](=O)[O-])cc1Br. The third kappa shape index (κ3) is 3.69. The normalized spacial score (nSPS) is 9.94. The van der Waals surface area contributed by atoms with Gasteiger partial charge in [0.15, 0.2) is 0 Å². The molecule has 0 fully saturated rings. The van der Waals surface area contributed by atoms with Crippen molar-refractivity contribution in [3.63, 3.8) is 0 Å². The molecule has 1 rings (SSSR count). The molecule has 2 N–H and O–H groups in total. The third-order valence-electron chi connectivity index (χ3n) is 2.43. The van der Waals surface area contributed by atoms with E-state index in [0.29, 0.717) is 23.0 Å². The number of nitrogens with one attached hydrogen (secondary N) is 2. The van der Waals surface area contributed by atoms with Crippen molar-refractivity contribution in [3.05, 3.63) is 32.3 Å². The van der Waals surface area contributed by atoms with Crippen LogP contribution in [0.3, 0.4) is 0 Å². The van der Waals surface area contributed by atoms with Crippen molar-refractivity contribution in [2.24, 2.45) is 0 Å². The zero-order valence-electron chi connectivity index (χ0n) is 10.1. The Balaban J connectivity index is 2.76. The summed E-state index contributed by atoms with van der Waals surface area (Å²) >= 11 is 3.27. The molecule has 98 valence electrons. The molecule has 0 aliphatic carbocycles. The van der Waals surface area contributed by atoms with Gasteiger partial charge in [-0.05, 0) is 28.9 Å². The lowest BCUT2D eigenvalue weighted by molar-refractivity contribution is -0.385. The zero-order valence-corrected chi connectivity index (χ0v) is 11.7. The Kier molecular flexibility index (Phi) is 5.08. The lowest BCUT2D eigenvalue weighted by Gasteiger charge is -2.09. The summed E-state index contributed by atoms with van der Waals surface area (Å²) in [6.45, 7) is 2.14. The number of hydrogen-bond acceptors (Lipinski definition) is 4. The summed E-state index contributed by atoms with van der Waals surface area (Å²) in [5, 5.41) is 16.3. The Labute approximate surface area is 113 Å². The maximum absolute atomic E-state index is 11.0. The molecular weight excluding hydrogens is 302 g/mol. The highest BCUT2D eigenvalue weighted by Crippen LogP contribution is 2.30. The third-order valence-corrected chi connectivity index (χ3v) is 3.08. The molecule has 6 nitrogen and oxygen atoms in total. The number of halogens is 1. The van der Waals surface area contributed by atoms with Crippen LogP contribution in [0.1, 0.15) is 12.0 Å². The highest BCUT2D eigenvalue weighted by Gasteiger charge is 2.13. The highest BCUT2D eigenvalue weighted by molar-refractivity contribution is 9.10. The van der Waals surface area contributed by atoms with Crippen LogP contribution in [0.25, 0.3) is 0 Å². The molecule has 0 radical (unpaired) electrons. The van der Waals surface area contributed by atoms with Crippen molar-refractivity contribution < 1.29 is 9.72 Å². The smallest absolute Gasteiger partial charge is 0.273 e. The lowest BCUT2D eigenvalue weighted by atomic mass is 10.2. The molecule has 0 saturated carbocycles. The average molecular weight is 316 g/mol. The molecule has 1 aromatic rings. The molecule has 0 aromatic heterocycles. The van der Waals surface area contributed by atoms with E-state index in [2.05, 4.69) is 26.6 Å². The summed E-state index contributed by atoms with van der Waals surface area (Å²) in [5.41, 5.74) is 1.38. The summed E-state index contributed by atoms with van der Waals surface area (Å²) in [6.07, 6.45) is 0.346. The van der Waals surface area contributed by atoms with E-state index in [0.717, 1.165) is 5.69 Å². The predicted octanol–water partition coefficient (Wildman–Crippen LogP) is 2.21. The molecule has 0 unspecified atom stereocenters. The topological polar surface area (TPSA) is 84.3 Å². The van der Waals surface area contributed by atoms with Gasteiger partial charge in [-0.3, -0.25) is 14.9 Å². The van der Waals surface area contributed by atoms with Crippen LogP contribution in [0.15, 0.2) is 16.6 Å². The van der Waals surface area contributed by atoms with Gasteiger partial charge in [-0.15, -0.1) is 0 Å². The number of nitrogens with zero attached hydrogens (tertiary/aromatic N) is 1. The van der Waals surface area contributed by atoms with Gasteiger partial charge in [0.05, 0.1) is 4.92 Å². The van der Waals surface area contributed by atoms with E-state index in [9.17, 15) is 14.9 Å². The van der Waals surface area contributed by atoms with Gasteiger partial charge in [0.25, 0.3) is 5.69 Å². The number of carbonyl (C=O) groups is 1. The first-order chi connectivity index (χ1) is 8.45. The second kappa shape index (κ2) is 6.34. The first-order valence-corrected chi connectivity index (χ1v) is 6.14. The van der Waals surface area contributed by atoms with Crippen molar-refractivity contribution in [3.8, 4) is 0 Å². The van der Waals surface area contributed by atoms with Crippen LogP contribution in [-0.4, -0.2) is 24.4 Å². The van der Waals surface area contributed by atoms with Crippen LogP contribution >= 0.6 is 15.9 Å². The predicted molar refractivity (Wildman–Crippen MR) is 72.7 cm³/mol. The van der Waals surface area contributed by atoms with Gasteiger partial charge >= 0.3 is 0 Å². The second-order valence-electron chi connectivity index (χ2n) is 3.73. The molecule has 0 aliphatic heterocycles. The van der Waals surface area contributed by atoms with E-state index in [1.807, 2.05) is 0 Å². The maximum Gasteiger partial charge on any atom is 0.273 e. The first kappa shape index (κ1) is 14.4. The molecule has 0 atom stereocenters. The van der Waals surface area contributed by atoms with E-state index < -0.39 is 4.92 Å². The Morgan fingerprint density at radius 1 is 1.50 bits per heavy atom. The number of benzene rings is 1. The Hall–Kier alpha value is -1.63. The van der Waals surface area contributed by atoms with Gasteiger partial charge in [-0.25, -0.2) is 0 Å². The van der Waals surface area contributed by atoms with Crippen LogP contribution in [0.4, 0.5) is 11.4 Å². The number of nitro benzene ring substituents is 1. The van der Waals surface area contributed by atoms with Gasteiger partial charge in [0.1, 0.15) is 0 Å². The van der Waals surface area contributed by atoms with Gasteiger partial charge in [-0.1, -0.05) is 0 Å². The fraction of sp³-hybridized carbons (Fsp3) is 0.364. The number of anilines is 1. The van der Waals surface area contributed by atoms with E-state index in [4.69, 9.17) is 0 Å². The number of carbonyl (C=O) groups excluding carboxylic acids is 1. The zero-order chi connectivity index (χ0) is 13.7. The Morgan fingerprint density at radius 3 is 2.72 bits per heavy atom. The van der Waals surface area contributed by atoms with Gasteiger partial charge in [0.2, 0.25) is 5.91 Å². The fourth-order valence-corrected chi connectivity index (χ4v) is 1.91. The minimum absolute atomic E-state index is 0.0581. The van der Waals surface area contributed by atoms with E-state index in [-0.39, 0.29) is 11.6 Å². The monoisotopic (exact) mass is 315 g/mol. The average Bonchev–Trinajstić information content (AvgIpc) is 2.32. The maximum atomic E-state index is 11.0. The molecule has 1 aromatic carbocycles. The summed E-state index contributed by atoms with van der Waals surface area (Å²) in [4.78, 5) is 21.4. The van der Waals surface area contributed by atoms with Crippen molar-refractivity contribution in [1.82, 2.24) is 5.32 Å². The van der Waals surface area contributed by atoms with Gasteiger partial charge in [0, 0.05) is 41.8 Å². The summed E-state index contributed by atoms with van der Waals surface area (Å²) in [5.74, 6) is -0.0581. The molecule has 1 amide bonds. The Bertz CT molecular complexity index is 477. The molecule has 7 heteroatoms. The van der Waals surface area contributed by atoms with Gasteiger partial charge < -0.3 is 10.6 Å². The minimum Gasteiger partial charge on any atom is -0.384 e. The molecule has 0 spiro atoms. The summed E-state index contributed by atoms with van der Waals surface area (Å²) < 4.78 is 0.608. The number of nitro groups is 1. The van der Waals surface area contributed by atoms with Crippen molar-refractivity contribution in [2.45, 2.75) is 13.3 Å². The summed E-state index contributed by atoms with van der Waals surface area (Å²) in [6, 6.07) is 3.14. The van der Waals surface area contributed by atoms with E-state index in [1.165, 1.54) is 6.07 Å². The number of hydrogen-bond donors (Lipinski definition) is 2. The number of amides is 1. The van der Waals surface area contributed by atoms with Crippen LogP contribution in [0.5, 0.6) is 0 Å². The molecule has 18 heavy (non-hydrogen) atoms. The van der Waals surface area contributed by atoms with Crippen molar-refractivity contribution in [1.29, 1.82) is 0 Å². The lowest BCUT2D eigenvalue weighted by Crippen LogP contribution is -2.20. The van der Waals surface area contributed by atoms with Crippen LogP contribution in [0, 0.1) is 17.0 Å². The largest absolute Gasteiger partial charge is 0.384 e. The first-order valence-electron chi connectivity index (χ1n) is 5.34. The number of rotatable bonds is 5. The van der Waals surface area contributed by atoms with Crippen LogP contribution in [0.2, 0.25) is 0 Å². The fourth-order valence-electron chi connectivity index (χ4n) is 1.44. The second-order valence-corrected chi connectivity index (χ2v) is 4.58. The molecule has 0 bridgehead atoms. The van der Waals surface area contributed by atoms with E-state index in [1.54, 1.807) is 20.0 Å². The molecular formula is C11H14BrN3O3. The van der Waals surface area contributed by atoms with Crippen LogP contribution in [-0.2, 0) is 4.79 Å². The Morgan fingerprint density at radius 2 is 2.17 bits per heavy atom. The standard InChI is InChI=1S/C11H14BrN3O3/c1-7-5-9(14-4-3-11(16)13-2)8(12)6-10(7)15(17)18/h5-6,14H,3-4H2,1-2H3,(H,13,16). The molecule has 0 aliphatic rings. The molecule has 0 saturated heterocycles. The van der Waals surface area contributed by atoms with Crippen molar-refractivity contribution >= 4 is 33.2 Å².